The zero-order valence-electron chi connectivity index (χ0n) is 26.5. The topological polar surface area (TPSA) is 134 Å². The van der Waals surface area contributed by atoms with Gasteiger partial charge in [-0.2, -0.15) is 4.79 Å². The van der Waals surface area contributed by atoms with Crippen LogP contribution in [0.2, 0.25) is 10.0 Å². The number of carbonyl (C=O) groups excluding carboxylic acids is 2. The lowest BCUT2D eigenvalue weighted by Gasteiger charge is -2.59. The maximum absolute atomic E-state index is 13.7. The van der Waals surface area contributed by atoms with Gasteiger partial charge in [0.15, 0.2) is 11.4 Å². The fraction of sp³-hybridized carbons (Fsp3) is 0.559. The molecular formula is C34H44Cl2N5O6+. The molecule has 254 valence electrons. The molecular weight excluding hydrogens is 645 g/mol. The molecule has 0 spiro atoms. The van der Waals surface area contributed by atoms with Gasteiger partial charge < -0.3 is 35.2 Å². The fourth-order valence-corrected chi connectivity index (χ4v) is 9.18. The fourth-order valence-electron chi connectivity index (χ4n) is 8.64. The smallest absolute Gasteiger partial charge is 0.505 e. The number of piperidine rings is 3. The third kappa shape index (κ3) is 6.46. The summed E-state index contributed by atoms with van der Waals surface area (Å²) >= 11 is 12.6. The van der Waals surface area contributed by atoms with Crippen molar-refractivity contribution in [2.24, 2.45) is 0 Å². The molecule has 4 aliphatic rings. The van der Waals surface area contributed by atoms with Crippen LogP contribution in [0.15, 0.2) is 36.4 Å². The van der Waals surface area contributed by atoms with E-state index >= 15 is 0 Å². The van der Waals surface area contributed by atoms with Crippen LogP contribution in [0.5, 0.6) is 5.75 Å². The average Bonchev–Trinajstić information content (AvgIpc) is 3.23. The second-order valence-electron chi connectivity index (χ2n) is 13.6. The number of halogens is 2. The minimum atomic E-state index is -1.17. The minimum Gasteiger partial charge on any atom is -0.505 e. The van der Waals surface area contributed by atoms with Crippen molar-refractivity contribution in [2.45, 2.75) is 81.8 Å². The summed E-state index contributed by atoms with van der Waals surface area (Å²) in [6, 6.07) is 10.6. The van der Waals surface area contributed by atoms with E-state index in [1.54, 1.807) is 12.1 Å². The molecule has 6 rings (SSSR count). The van der Waals surface area contributed by atoms with E-state index in [1.807, 2.05) is 29.2 Å². The Bertz CT molecular complexity index is 1470. The van der Waals surface area contributed by atoms with Gasteiger partial charge in [0.25, 0.3) is 0 Å². The van der Waals surface area contributed by atoms with Crippen LogP contribution in [0.3, 0.4) is 0 Å². The number of phenolic OH excluding ortho intramolecular Hbond substituents is 1. The van der Waals surface area contributed by atoms with Crippen LogP contribution in [0, 0.1) is 0 Å². The summed E-state index contributed by atoms with van der Waals surface area (Å²) in [6.07, 6.45) is 3.93. The van der Waals surface area contributed by atoms with Crippen molar-refractivity contribution in [3.63, 3.8) is 0 Å². The van der Waals surface area contributed by atoms with Gasteiger partial charge in [-0.15, -0.1) is 0 Å². The molecule has 2 aromatic carbocycles. The highest BCUT2D eigenvalue weighted by Gasteiger charge is 2.64. The molecule has 3 saturated heterocycles. The molecule has 11 nitrogen and oxygen atoms in total. The van der Waals surface area contributed by atoms with Gasteiger partial charge in [-0.05, 0) is 55.9 Å². The summed E-state index contributed by atoms with van der Waals surface area (Å²) in [5, 5.41) is 34.6. The number of aliphatic hydroxyl groups is 1. The van der Waals surface area contributed by atoms with Crippen molar-refractivity contribution >= 4 is 47.3 Å². The zero-order valence-corrected chi connectivity index (χ0v) is 28.0. The second-order valence-corrected chi connectivity index (χ2v) is 14.4. The van der Waals surface area contributed by atoms with Crippen LogP contribution in [-0.2, 0) is 17.8 Å². The molecule has 4 aliphatic heterocycles. The molecule has 2 unspecified atom stereocenters. The number of anilines is 1. The number of aldehydes is 1. The predicted molar refractivity (Wildman–Crippen MR) is 179 cm³/mol. The molecule has 13 heteroatoms. The Kier molecular flexibility index (Phi) is 10.0. The lowest BCUT2D eigenvalue weighted by atomic mass is 9.81. The first-order valence-corrected chi connectivity index (χ1v) is 17.4. The molecule has 0 radical (unpaired) electrons. The Morgan fingerprint density at radius 3 is 2.34 bits per heavy atom. The van der Waals surface area contributed by atoms with Gasteiger partial charge in [0, 0.05) is 68.9 Å². The van der Waals surface area contributed by atoms with Crippen molar-refractivity contribution in [3.8, 4) is 5.75 Å². The quantitative estimate of drug-likeness (QED) is 0.232. The van der Waals surface area contributed by atoms with Crippen molar-refractivity contribution in [2.75, 3.05) is 44.6 Å². The number of amides is 3. The van der Waals surface area contributed by atoms with Crippen LogP contribution in [0.4, 0.5) is 15.3 Å². The van der Waals surface area contributed by atoms with Crippen LogP contribution >= 0.6 is 23.2 Å². The number of carbonyl (C=O) groups is 3. The Balaban J connectivity index is 1.36. The Morgan fingerprint density at radius 2 is 1.68 bits per heavy atom. The first kappa shape index (κ1) is 34.0. The number of rotatable bonds is 7. The van der Waals surface area contributed by atoms with E-state index in [4.69, 9.17) is 23.2 Å². The molecule has 3 amide bonds. The Hall–Kier alpha value is -2.93. The standard InChI is InChI=1S/C34H43Cl2N5O6/c35-28-19-23(20-29(36)31(28)44)22-41(33(46)47)17-10-26(40-16-5-24-3-1-2-4-30(24)37-32(40)45)21-34(41,11-18-42)39-14-6-25(7-15-39)38-12-8-27(43)9-13-38/h1-4,18-20,25-27,43H,5-17,21-22H2,(H2-,37,44,45,46,47)/p+1/t26?,34?,41-/m0/s1. The normalized spacial score (nSPS) is 28.4. The molecule has 0 bridgehead atoms. The van der Waals surface area contributed by atoms with Gasteiger partial charge in [0.1, 0.15) is 12.8 Å². The minimum absolute atomic E-state index is 0.00278. The number of nitrogens with zero attached hydrogens (tertiary/aromatic N) is 4. The summed E-state index contributed by atoms with van der Waals surface area (Å²) in [5.41, 5.74) is 1.19. The first-order valence-electron chi connectivity index (χ1n) is 16.6. The average molecular weight is 690 g/mol. The lowest BCUT2D eigenvalue weighted by Crippen LogP contribution is -2.78. The molecule has 0 saturated carbocycles. The van der Waals surface area contributed by atoms with Gasteiger partial charge >= 0.3 is 12.1 Å². The van der Waals surface area contributed by atoms with E-state index in [2.05, 4.69) is 15.1 Å². The monoisotopic (exact) mass is 688 g/mol. The van der Waals surface area contributed by atoms with Crippen molar-refractivity contribution in [1.29, 1.82) is 0 Å². The molecule has 4 N–H and O–H groups in total. The van der Waals surface area contributed by atoms with E-state index in [9.17, 15) is 29.7 Å². The molecule has 2 aromatic rings. The number of para-hydroxylation sites is 1. The zero-order chi connectivity index (χ0) is 33.3. The van der Waals surface area contributed by atoms with Crippen molar-refractivity contribution in [3.05, 3.63) is 57.6 Å². The second kappa shape index (κ2) is 13.9. The third-order valence-electron chi connectivity index (χ3n) is 11.2. The number of phenols is 1. The highest BCUT2D eigenvalue weighted by molar-refractivity contribution is 6.37. The number of quaternary nitrogens is 1. The predicted octanol–water partition coefficient (Wildman–Crippen LogP) is 5.15. The summed E-state index contributed by atoms with van der Waals surface area (Å²) in [4.78, 5) is 46.6. The van der Waals surface area contributed by atoms with Gasteiger partial charge in [-0.1, -0.05) is 41.4 Å². The van der Waals surface area contributed by atoms with Gasteiger partial charge in [0.05, 0.1) is 29.1 Å². The molecule has 47 heavy (non-hydrogen) atoms. The van der Waals surface area contributed by atoms with Gasteiger partial charge in [0.2, 0.25) is 0 Å². The molecule has 3 fully saturated rings. The number of carboxylic acid groups (broad SMARTS) is 1. The van der Waals surface area contributed by atoms with Crippen LogP contribution in [0.25, 0.3) is 0 Å². The van der Waals surface area contributed by atoms with Gasteiger partial charge in [-0.25, -0.2) is 9.28 Å². The summed E-state index contributed by atoms with van der Waals surface area (Å²) in [6.45, 7) is 3.49. The highest BCUT2D eigenvalue weighted by atomic mass is 35.5. The van der Waals surface area contributed by atoms with Crippen molar-refractivity contribution in [1.82, 2.24) is 14.7 Å². The van der Waals surface area contributed by atoms with Crippen molar-refractivity contribution < 1.29 is 34.2 Å². The molecule has 0 aliphatic carbocycles. The number of hydrogen-bond acceptors (Lipinski definition) is 7. The number of nitrogens with one attached hydrogen (secondary N) is 1. The van der Waals surface area contributed by atoms with E-state index < -0.39 is 16.2 Å². The number of likely N-dealkylation sites (tertiary alicyclic amines) is 3. The van der Waals surface area contributed by atoms with E-state index in [1.165, 1.54) is 0 Å². The molecule has 4 heterocycles. The number of hydrogen-bond donors (Lipinski definition) is 4. The lowest BCUT2D eigenvalue weighted by molar-refractivity contribution is -0.942. The summed E-state index contributed by atoms with van der Waals surface area (Å²) in [5.74, 6) is -0.266. The number of benzene rings is 2. The number of urea groups is 1. The van der Waals surface area contributed by atoms with Crippen LogP contribution in [-0.4, -0.2) is 116 Å². The number of fused-ring (bicyclic) bond motifs is 1. The number of aliphatic hydroxyl groups excluding tert-OH is 1. The summed E-state index contributed by atoms with van der Waals surface area (Å²) < 4.78 is -0.448. The third-order valence-corrected chi connectivity index (χ3v) is 11.7. The molecule has 3 atom stereocenters. The van der Waals surface area contributed by atoms with Crippen LogP contribution in [0.1, 0.15) is 56.1 Å². The van der Waals surface area contributed by atoms with E-state index in [-0.39, 0.29) is 53.5 Å². The Morgan fingerprint density at radius 1 is 1.00 bits per heavy atom. The van der Waals surface area contributed by atoms with Crippen LogP contribution < -0.4 is 5.32 Å². The number of aromatic hydroxyl groups is 1. The van der Waals surface area contributed by atoms with E-state index in [0.29, 0.717) is 50.5 Å². The first-order chi connectivity index (χ1) is 22.6. The SMILES string of the molecule is O=CCC1(N2CCC(N3CCC(O)CC3)CC2)CC(N2CCc3ccccc3NC2=O)CC[N@+]1(Cc1cc(Cl)c(O)c(Cl)c1)C(=O)O. The van der Waals surface area contributed by atoms with E-state index in [0.717, 1.165) is 56.3 Å². The van der Waals surface area contributed by atoms with Gasteiger partial charge in [-0.3, -0.25) is 4.90 Å². The maximum Gasteiger partial charge on any atom is 0.515 e. The largest absolute Gasteiger partial charge is 0.515 e. The molecule has 0 aromatic heterocycles. The summed E-state index contributed by atoms with van der Waals surface area (Å²) in [7, 11) is 0. The highest BCUT2D eigenvalue weighted by Crippen LogP contribution is 2.47. The Labute approximate surface area is 285 Å². The maximum atomic E-state index is 13.7.